The van der Waals surface area contributed by atoms with E-state index in [0.29, 0.717) is 5.84 Å². The Kier molecular flexibility index (Phi) is 3.89. The summed E-state index contributed by atoms with van der Waals surface area (Å²) < 4.78 is 0. The van der Waals surface area contributed by atoms with Gasteiger partial charge in [-0.2, -0.15) is 0 Å². The number of nitrogens with two attached hydrogens (primary N) is 1. The number of aliphatic imine (C=N–C) groups is 1. The van der Waals surface area contributed by atoms with Crippen LogP contribution >= 0.6 is 11.3 Å². The lowest BCUT2D eigenvalue weighted by molar-refractivity contribution is 1.42. The number of pyridine rings is 1. The summed E-state index contributed by atoms with van der Waals surface area (Å²) in [6.07, 6.45) is 1.45. The van der Waals surface area contributed by atoms with Gasteiger partial charge in [-0.15, -0.1) is 11.3 Å². The van der Waals surface area contributed by atoms with Crippen LogP contribution in [0.5, 0.6) is 0 Å². The van der Waals surface area contributed by atoms with E-state index in [4.69, 9.17) is 10.7 Å². The molecule has 3 N–H and O–H groups in total. The molecule has 0 bridgehead atoms. The Morgan fingerprint density at radius 2 is 2.05 bits per heavy atom. The predicted octanol–water partition coefficient (Wildman–Crippen LogP) is 3.85. The normalized spacial score (nSPS) is 11.6. The zero-order chi connectivity index (χ0) is 15.5. The van der Waals surface area contributed by atoms with Gasteiger partial charge in [-0.05, 0) is 12.1 Å². The molecule has 0 amide bonds. The Balaban J connectivity index is 2.18. The number of anilines is 1. The first kappa shape index (κ1) is 14.3. The fourth-order valence-electron chi connectivity index (χ4n) is 2.33. The molecule has 110 valence electrons. The summed E-state index contributed by atoms with van der Waals surface area (Å²) in [7, 11) is 1.87. The lowest BCUT2D eigenvalue weighted by Crippen LogP contribution is -2.12. The van der Waals surface area contributed by atoms with E-state index in [-0.39, 0.29) is 0 Å². The molecule has 0 aliphatic carbocycles. The molecule has 2 heterocycles. The maximum absolute atomic E-state index is 6.02. The van der Waals surface area contributed by atoms with Crippen molar-refractivity contribution in [3.8, 4) is 11.3 Å². The summed E-state index contributed by atoms with van der Waals surface area (Å²) in [5, 5.41) is 4.24. The van der Waals surface area contributed by atoms with Crippen LogP contribution in [0.4, 0.5) is 5.69 Å². The van der Waals surface area contributed by atoms with Gasteiger partial charge in [0.25, 0.3) is 0 Å². The molecule has 3 rings (SSSR count). The van der Waals surface area contributed by atoms with Gasteiger partial charge in [-0.1, -0.05) is 36.9 Å². The molecular formula is C17H16N4S. The maximum Gasteiger partial charge on any atom is 0.142 e. The molecule has 0 aliphatic heterocycles. The minimum absolute atomic E-state index is 0.448. The molecule has 0 unspecified atom stereocenters. The standard InChI is InChI=1S/C17H16N4S/c1-3-20-16(18)15-14(19-2)12-9-10-13(21-17(12)22-15)11-7-5-4-6-8-11/h3-10,19H,1H2,2H3,(H2,18,20). The molecule has 0 saturated heterocycles. The Hall–Kier alpha value is -2.66. The van der Waals surface area contributed by atoms with Gasteiger partial charge in [0.2, 0.25) is 0 Å². The minimum Gasteiger partial charge on any atom is -0.386 e. The Morgan fingerprint density at radius 1 is 1.27 bits per heavy atom. The topological polar surface area (TPSA) is 63.3 Å². The average molecular weight is 308 g/mol. The van der Waals surface area contributed by atoms with E-state index in [2.05, 4.69) is 35.1 Å². The highest BCUT2D eigenvalue weighted by atomic mass is 32.1. The van der Waals surface area contributed by atoms with Crippen LogP contribution in [0.25, 0.3) is 21.5 Å². The van der Waals surface area contributed by atoms with Crippen molar-refractivity contribution in [2.75, 3.05) is 12.4 Å². The van der Waals surface area contributed by atoms with Crippen molar-refractivity contribution >= 4 is 33.1 Å². The highest BCUT2D eigenvalue weighted by Crippen LogP contribution is 2.35. The van der Waals surface area contributed by atoms with Gasteiger partial charge >= 0.3 is 0 Å². The van der Waals surface area contributed by atoms with Crippen LogP contribution in [-0.2, 0) is 0 Å². The first-order chi connectivity index (χ1) is 10.7. The average Bonchev–Trinajstić information content (AvgIpc) is 2.93. The van der Waals surface area contributed by atoms with Gasteiger partial charge in [0.05, 0.1) is 16.3 Å². The summed E-state index contributed by atoms with van der Waals surface area (Å²) in [6, 6.07) is 14.2. The molecule has 0 fully saturated rings. The third-order valence-electron chi connectivity index (χ3n) is 3.34. The molecule has 2 aromatic heterocycles. The summed E-state index contributed by atoms with van der Waals surface area (Å²) in [6.45, 7) is 3.59. The minimum atomic E-state index is 0.448. The molecule has 0 aliphatic rings. The molecule has 0 atom stereocenters. The van der Waals surface area contributed by atoms with Crippen LogP contribution in [0.15, 0.2) is 60.2 Å². The van der Waals surface area contributed by atoms with Gasteiger partial charge in [0.15, 0.2) is 0 Å². The van der Waals surface area contributed by atoms with E-state index in [9.17, 15) is 0 Å². The second-order valence-electron chi connectivity index (χ2n) is 4.67. The van der Waals surface area contributed by atoms with E-state index in [1.54, 1.807) is 0 Å². The lowest BCUT2D eigenvalue weighted by atomic mass is 10.1. The van der Waals surface area contributed by atoms with E-state index >= 15 is 0 Å². The van der Waals surface area contributed by atoms with E-state index < -0.39 is 0 Å². The fourth-order valence-corrected chi connectivity index (χ4v) is 3.42. The number of nitrogens with zero attached hydrogens (tertiary/aromatic N) is 2. The highest BCUT2D eigenvalue weighted by molar-refractivity contribution is 7.21. The number of amidine groups is 1. The summed E-state index contributed by atoms with van der Waals surface area (Å²) in [5.74, 6) is 0.448. The van der Waals surface area contributed by atoms with Crippen molar-refractivity contribution in [2.24, 2.45) is 10.7 Å². The summed E-state index contributed by atoms with van der Waals surface area (Å²) in [5.41, 5.74) is 9.01. The van der Waals surface area contributed by atoms with Gasteiger partial charge in [-0.3, -0.25) is 0 Å². The van der Waals surface area contributed by atoms with E-state index in [1.165, 1.54) is 17.5 Å². The quantitative estimate of drug-likeness (QED) is 0.568. The van der Waals surface area contributed by atoms with Crippen LogP contribution in [0.1, 0.15) is 4.88 Å². The third kappa shape index (κ3) is 2.46. The molecule has 3 aromatic rings. The summed E-state index contributed by atoms with van der Waals surface area (Å²) in [4.78, 5) is 10.7. The largest absolute Gasteiger partial charge is 0.386 e. The van der Waals surface area contributed by atoms with Crippen molar-refractivity contribution in [3.63, 3.8) is 0 Å². The van der Waals surface area contributed by atoms with Crippen molar-refractivity contribution in [3.05, 3.63) is 60.1 Å². The van der Waals surface area contributed by atoms with E-state index in [0.717, 1.165) is 32.0 Å². The zero-order valence-corrected chi connectivity index (χ0v) is 13.0. The molecule has 22 heavy (non-hydrogen) atoms. The second-order valence-corrected chi connectivity index (χ2v) is 5.67. The second kappa shape index (κ2) is 5.99. The van der Waals surface area contributed by atoms with Gasteiger partial charge in [0.1, 0.15) is 10.7 Å². The van der Waals surface area contributed by atoms with Gasteiger partial charge in [-0.25, -0.2) is 9.98 Å². The van der Waals surface area contributed by atoms with Gasteiger partial charge in [0, 0.05) is 24.2 Å². The predicted molar refractivity (Wildman–Crippen MR) is 95.5 cm³/mol. The van der Waals surface area contributed by atoms with Gasteiger partial charge < -0.3 is 11.1 Å². The van der Waals surface area contributed by atoms with Crippen molar-refractivity contribution < 1.29 is 0 Å². The monoisotopic (exact) mass is 308 g/mol. The Morgan fingerprint density at radius 3 is 2.73 bits per heavy atom. The number of hydrogen-bond donors (Lipinski definition) is 2. The Labute approximate surface area is 133 Å². The van der Waals surface area contributed by atoms with Crippen molar-refractivity contribution in [1.82, 2.24) is 4.98 Å². The molecular weight excluding hydrogens is 292 g/mol. The number of aromatic nitrogens is 1. The molecule has 4 nitrogen and oxygen atoms in total. The number of thiophene rings is 1. The Bertz CT molecular complexity index is 850. The summed E-state index contributed by atoms with van der Waals surface area (Å²) >= 11 is 1.53. The first-order valence-electron chi connectivity index (χ1n) is 6.86. The molecule has 5 heteroatoms. The van der Waals surface area contributed by atoms with Crippen LogP contribution < -0.4 is 11.1 Å². The van der Waals surface area contributed by atoms with Crippen molar-refractivity contribution in [1.29, 1.82) is 0 Å². The van der Waals surface area contributed by atoms with Crippen molar-refractivity contribution in [2.45, 2.75) is 0 Å². The molecule has 0 spiro atoms. The third-order valence-corrected chi connectivity index (χ3v) is 4.46. The number of hydrogen-bond acceptors (Lipinski definition) is 4. The first-order valence-corrected chi connectivity index (χ1v) is 7.67. The molecule has 0 saturated carbocycles. The molecule has 1 aromatic carbocycles. The maximum atomic E-state index is 6.02. The number of fused-ring (bicyclic) bond motifs is 1. The van der Waals surface area contributed by atoms with Crippen LogP contribution in [0.3, 0.4) is 0 Å². The van der Waals surface area contributed by atoms with E-state index in [1.807, 2.05) is 31.3 Å². The SMILES string of the molecule is C=CN=C(N)c1sc2nc(-c3ccccc3)ccc2c1NC. The number of benzene rings is 1. The molecule has 0 radical (unpaired) electrons. The van der Waals surface area contributed by atoms with Crippen LogP contribution in [0.2, 0.25) is 0 Å². The van der Waals surface area contributed by atoms with Crippen LogP contribution in [0, 0.1) is 0 Å². The number of nitrogens with one attached hydrogen (secondary N) is 1. The fraction of sp³-hybridized carbons (Fsp3) is 0.0588. The zero-order valence-electron chi connectivity index (χ0n) is 12.2. The lowest BCUT2D eigenvalue weighted by Gasteiger charge is -2.03. The smallest absolute Gasteiger partial charge is 0.142 e. The van der Waals surface area contributed by atoms with Crippen LogP contribution in [-0.4, -0.2) is 17.9 Å². The number of rotatable bonds is 4. The highest BCUT2D eigenvalue weighted by Gasteiger charge is 2.15.